The van der Waals surface area contributed by atoms with E-state index < -0.39 is 0 Å². The number of benzene rings is 2. The van der Waals surface area contributed by atoms with Gasteiger partial charge in [0.05, 0.1) is 22.7 Å². The van der Waals surface area contributed by atoms with Crippen molar-refractivity contribution in [1.29, 1.82) is 0 Å². The Labute approximate surface area is 208 Å². The summed E-state index contributed by atoms with van der Waals surface area (Å²) in [6.45, 7) is 3.38. The molecule has 1 atom stereocenters. The number of hydrogen-bond acceptors (Lipinski definition) is 5. The molecule has 1 unspecified atom stereocenters. The van der Waals surface area contributed by atoms with Gasteiger partial charge in [0.15, 0.2) is 10.9 Å². The first-order valence-electron chi connectivity index (χ1n) is 11.6. The first kappa shape index (κ1) is 24.5. The molecule has 1 fully saturated rings. The molecule has 1 saturated carbocycles. The fourth-order valence-corrected chi connectivity index (χ4v) is 5.60. The Morgan fingerprint density at radius 1 is 1.15 bits per heavy atom. The third-order valence-electron chi connectivity index (χ3n) is 6.26. The smallest absolute Gasteiger partial charge is 0.262 e. The number of thioether (sulfide) groups is 1. The molecular formula is C26H28ClN3O3S. The molecule has 0 radical (unpaired) electrons. The highest BCUT2D eigenvalue weighted by Gasteiger charge is 2.23. The summed E-state index contributed by atoms with van der Waals surface area (Å²) < 4.78 is 1.80. The lowest BCUT2D eigenvalue weighted by atomic mass is 9.95. The number of Topliss-reactive ketones (excluding diaryl/α,β-unsaturated/α-hetero) is 1. The zero-order valence-corrected chi connectivity index (χ0v) is 20.9. The summed E-state index contributed by atoms with van der Waals surface area (Å²) in [4.78, 5) is 42.4. The van der Waals surface area contributed by atoms with Gasteiger partial charge in [0, 0.05) is 23.6 Å². The van der Waals surface area contributed by atoms with E-state index in [1.54, 1.807) is 34.9 Å². The molecule has 1 aliphatic rings. The quantitative estimate of drug-likeness (QED) is 0.256. The topological polar surface area (TPSA) is 81.1 Å². The molecule has 0 aliphatic heterocycles. The minimum absolute atomic E-state index is 0.0423. The van der Waals surface area contributed by atoms with Crippen LogP contribution >= 0.6 is 23.4 Å². The number of fused-ring (bicyclic) bond motifs is 1. The summed E-state index contributed by atoms with van der Waals surface area (Å²) >= 11 is 7.45. The Morgan fingerprint density at radius 2 is 1.85 bits per heavy atom. The normalized spacial score (nSPS) is 15.3. The summed E-state index contributed by atoms with van der Waals surface area (Å²) in [6.07, 6.45) is 5.23. The maximum Gasteiger partial charge on any atom is 0.262 e. The maximum atomic E-state index is 13.4. The number of amides is 1. The monoisotopic (exact) mass is 497 g/mol. The summed E-state index contributed by atoms with van der Waals surface area (Å²) in [7, 11) is 0. The largest absolute Gasteiger partial charge is 0.350 e. The van der Waals surface area contributed by atoms with Crippen LogP contribution in [0.3, 0.4) is 0 Å². The van der Waals surface area contributed by atoms with Gasteiger partial charge in [-0.15, -0.1) is 0 Å². The number of nitrogens with one attached hydrogen (secondary N) is 1. The molecule has 4 rings (SSSR count). The van der Waals surface area contributed by atoms with E-state index in [0.29, 0.717) is 26.6 Å². The predicted molar refractivity (Wildman–Crippen MR) is 137 cm³/mol. The number of halogens is 1. The van der Waals surface area contributed by atoms with Crippen LogP contribution in [0.15, 0.2) is 52.4 Å². The lowest BCUT2D eigenvalue weighted by molar-refractivity contribution is -0.119. The van der Waals surface area contributed by atoms with Crippen molar-refractivity contribution >= 4 is 46.0 Å². The van der Waals surface area contributed by atoms with Crippen molar-refractivity contribution in [2.75, 3.05) is 5.75 Å². The van der Waals surface area contributed by atoms with Crippen LogP contribution in [0.1, 0.15) is 74.0 Å². The second-order valence-electron chi connectivity index (χ2n) is 8.78. The Hall–Kier alpha value is -2.64. The van der Waals surface area contributed by atoms with E-state index in [1.165, 1.54) is 25.1 Å². The third kappa shape index (κ3) is 5.53. The summed E-state index contributed by atoms with van der Waals surface area (Å²) in [6, 6.07) is 12.4. The number of hydrogen-bond donors (Lipinski definition) is 1. The van der Waals surface area contributed by atoms with Gasteiger partial charge < -0.3 is 5.32 Å². The fourth-order valence-electron chi connectivity index (χ4n) is 4.47. The van der Waals surface area contributed by atoms with Crippen molar-refractivity contribution in [1.82, 2.24) is 14.9 Å². The molecule has 1 amide bonds. The molecule has 2 aromatic carbocycles. The molecule has 3 aromatic rings. The molecule has 0 spiro atoms. The molecule has 1 heterocycles. The van der Waals surface area contributed by atoms with E-state index >= 15 is 0 Å². The second kappa shape index (κ2) is 10.7. The van der Waals surface area contributed by atoms with Crippen molar-refractivity contribution < 1.29 is 9.59 Å². The van der Waals surface area contributed by atoms with E-state index in [-0.39, 0.29) is 35.1 Å². The number of carbonyl (C=O) groups excluding carboxylic acids is 2. The van der Waals surface area contributed by atoms with Crippen molar-refractivity contribution in [2.24, 2.45) is 0 Å². The van der Waals surface area contributed by atoms with E-state index in [4.69, 9.17) is 16.6 Å². The summed E-state index contributed by atoms with van der Waals surface area (Å²) in [5.74, 6) is 0.0304. The number of rotatable bonds is 7. The van der Waals surface area contributed by atoms with Crippen LogP contribution in [0.5, 0.6) is 0 Å². The summed E-state index contributed by atoms with van der Waals surface area (Å²) in [5.41, 5.74) is 2.00. The van der Waals surface area contributed by atoms with Crippen molar-refractivity contribution in [3.63, 3.8) is 0 Å². The van der Waals surface area contributed by atoms with Gasteiger partial charge >= 0.3 is 0 Å². The highest BCUT2D eigenvalue weighted by molar-refractivity contribution is 7.99. The number of ketones is 1. The number of aromatic nitrogens is 2. The van der Waals surface area contributed by atoms with Gasteiger partial charge in [-0.3, -0.25) is 19.0 Å². The third-order valence-corrected chi connectivity index (χ3v) is 7.44. The minimum atomic E-state index is -0.130. The number of carbonyl (C=O) groups is 2. The molecule has 6 nitrogen and oxygen atoms in total. The highest BCUT2D eigenvalue weighted by Crippen LogP contribution is 2.31. The molecule has 1 N–H and O–H groups in total. The molecular weight excluding hydrogens is 470 g/mol. The fraction of sp³-hybridized carbons (Fsp3) is 0.385. The van der Waals surface area contributed by atoms with Crippen LogP contribution in [-0.2, 0) is 4.79 Å². The van der Waals surface area contributed by atoms with Gasteiger partial charge in [0.25, 0.3) is 5.56 Å². The first-order chi connectivity index (χ1) is 16.3. The van der Waals surface area contributed by atoms with E-state index in [1.807, 2.05) is 19.1 Å². The average Bonchev–Trinajstić information content (AvgIpc) is 2.82. The van der Waals surface area contributed by atoms with Crippen molar-refractivity contribution in [3.8, 4) is 0 Å². The van der Waals surface area contributed by atoms with E-state index in [2.05, 4.69) is 5.32 Å². The highest BCUT2D eigenvalue weighted by atomic mass is 35.5. The van der Waals surface area contributed by atoms with Gasteiger partial charge in [-0.1, -0.05) is 66.9 Å². The molecule has 1 aromatic heterocycles. The van der Waals surface area contributed by atoms with Crippen LogP contribution in [0.25, 0.3) is 10.9 Å². The van der Waals surface area contributed by atoms with E-state index in [0.717, 1.165) is 31.2 Å². The van der Waals surface area contributed by atoms with Crippen LogP contribution < -0.4 is 10.9 Å². The lowest BCUT2D eigenvalue weighted by Crippen LogP contribution is -2.29. The Kier molecular flexibility index (Phi) is 7.73. The molecule has 178 valence electrons. The second-order valence-corrected chi connectivity index (χ2v) is 10.2. The van der Waals surface area contributed by atoms with Gasteiger partial charge in [-0.05, 0) is 43.5 Å². The maximum absolute atomic E-state index is 13.4. The molecule has 0 saturated heterocycles. The van der Waals surface area contributed by atoms with Gasteiger partial charge in [0.1, 0.15) is 0 Å². The van der Waals surface area contributed by atoms with Crippen molar-refractivity contribution in [3.05, 3.63) is 69.0 Å². The van der Waals surface area contributed by atoms with Gasteiger partial charge in [-0.2, -0.15) is 0 Å². The van der Waals surface area contributed by atoms with E-state index in [9.17, 15) is 14.4 Å². The Balaban J connectivity index is 1.58. The molecule has 34 heavy (non-hydrogen) atoms. The van der Waals surface area contributed by atoms with Crippen LogP contribution in [0.2, 0.25) is 5.02 Å². The van der Waals surface area contributed by atoms with Crippen LogP contribution in [0, 0.1) is 0 Å². The molecule has 1 aliphatic carbocycles. The SMILES string of the molecule is CC(=O)NC(C)c1ccc(C(=O)CSc2nc3cc(Cl)ccc3c(=O)n2C2CCCCC2)cc1. The average molecular weight is 498 g/mol. The zero-order chi connectivity index (χ0) is 24.2. The lowest BCUT2D eigenvalue weighted by Gasteiger charge is -2.26. The van der Waals surface area contributed by atoms with Gasteiger partial charge in [0.2, 0.25) is 5.91 Å². The molecule has 8 heteroatoms. The Morgan fingerprint density at radius 3 is 2.53 bits per heavy atom. The molecule has 0 bridgehead atoms. The van der Waals surface area contributed by atoms with Gasteiger partial charge in [-0.25, -0.2) is 4.98 Å². The minimum Gasteiger partial charge on any atom is -0.350 e. The predicted octanol–water partition coefficient (Wildman–Crippen LogP) is 5.73. The summed E-state index contributed by atoms with van der Waals surface area (Å²) in [5, 5.41) is 4.48. The van der Waals surface area contributed by atoms with Crippen LogP contribution in [0.4, 0.5) is 0 Å². The number of nitrogens with zero attached hydrogens (tertiary/aromatic N) is 2. The Bertz CT molecular complexity index is 1270. The van der Waals surface area contributed by atoms with Crippen LogP contribution in [-0.4, -0.2) is 27.0 Å². The zero-order valence-electron chi connectivity index (χ0n) is 19.3. The standard InChI is InChI=1S/C26H28ClN3O3S/c1-16(28-17(2)31)18-8-10-19(11-9-18)24(32)15-34-26-29-23-14-20(27)12-13-22(23)25(33)30(26)21-6-4-3-5-7-21/h8-14,16,21H,3-7,15H2,1-2H3,(H,28,31). The first-order valence-corrected chi connectivity index (χ1v) is 12.9. The van der Waals surface area contributed by atoms with Crippen molar-refractivity contribution in [2.45, 2.75) is 63.2 Å².